The Kier molecular flexibility index (Phi) is 9.74. The zero-order valence-electron chi connectivity index (χ0n) is 39.0. The number of aromatic nitrogens is 1. The average molecular weight is 903 g/mol. The second kappa shape index (κ2) is 14.8. The van der Waals surface area contributed by atoms with Crippen LogP contribution in [0.25, 0.3) is 22.0 Å². The van der Waals surface area contributed by atoms with Crippen molar-refractivity contribution in [2.75, 3.05) is 61.1 Å². The molecule has 2 aromatic carbocycles. The molecule has 66 heavy (non-hydrogen) atoms. The quantitative estimate of drug-likeness (QED) is 0.114. The molecule has 6 aliphatic heterocycles. The number of aliphatic hydroxyl groups is 1. The molecule has 14 nitrogen and oxygen atoms in total. The van der Waals surface area contributed by atoms with Gasteiger partial charge in [0.05, 0.1) is 31.3 Å². The molecule has 1 saturated carbocycles. The number of likely N-dealkylation sites (N-methyl/N-ethyl adjacent to an activating group) is 1. The number of carbonyl (C=O) groups excluding carboxylic acids is 3. The van der Waals surface area contributed by atoms with Crippen molar-refractivity contribution >= 4 is 28.8 Å². The van der Waals surface area contributed by atoms with Crippen molar-refractivity contribution in [3.8, 4) is 16.9 Å². The second-order valence-corrected chi connectivity index (χ2v) is 20.5. The van der Waals surface area contributed by atoms with Crippen molar-refractivity contribution in [3.05, 3.63) is 89.3 Å². The Morgan fingerprint density at radius 3 is 2.47 bits per heavy atom. The molecule has 4 saturated heterocycles. The van der Waals surface area contributed by atoms with Crippen molar-refractivity contribution in [1.82, 2.24) is 19.7 Å². The van der Waals surface area contributed by atoms with Gasteiger partial charge in [0.15, 0.2) is 11.8 Å². The fourth-order valence-electron chi connectivity index (χ4n) is 15.2. The van der Waals surface area contributed by atoms with Gasteiger partial charge in [0.25, 0.3) is 5.60 Å². The number of fused-ring (bicyclic) bond motifs is 6. The maximum absolute atomic E-state index is 15.7. The Morgan fingerprint density at radius 2 is 1.76 bits per heavy atom. The average Bonchev–Trinajstić information content (AvgIpc) is 3.56. The zero-order valence-corrected chi connectivity index (χ0v) is 39.0. The first-order valence-electron chi connectivity index (χ1n) is 23.7. The number of epoxide rings is 1. The zero-order chi connectivity index (χ0) is 46.3. The van der Waals surface area contributed by atoms with E-state index in [0.29, 0.717) is 71.2 Å². The first-order chi connectivity index (χ1) is 31.7. The number of phenolic OH excluding ortho intramolecular Hbond substituents is 1. The van der Waals surface area contributed by atoms with E-state index in [9.17, 15) is 19.8 Å². The van der Waals surface area contributed by atoms with Crippen molar-refractivity contribution in [2.45, 2.75) is 99.9 Å². The number of allylic oxidation sites excluding steroid dienone is 1. The largest absolute Gasteiger partial charge is 0.508 e. The van der Waals surface area contributed by atoms with Crippen LogP contribution in [0.4, 0.5) is 0 Å². The van der Waals surface area contributed by atoms with Gasteiger partial charge in [0, 0.05) is 86.9 Å². The van der Waals surface area contributed by atoms with Crippen molar-refractivity contribution in [3.63, 3.8) is 0 Å². The van der Waals surface area contributed by atoms with Crippen LogP contribution in [-0.2, 0) is 49.9 Å². The summed E-state index contributed by atoms with van der Waals surface area (Å²) in [7, 11) is 6.45. The smallest absolute Gasteiger partial charge is 0.347 e. The van der Waals surface area contributed by atoms with Gasteiger partial charge in [-0.3, -0.25) is 19.4 Å². The van der Waals surface area contributed by atoms with Crippen molar-refractivity contribution in [2.24, 2.45) is 22.7 Å². The lowest BCUT2D eigenvalue weighted by Gasteiger charge is -2.58. The minimum atomic E-state index is -1.67. The van der Waals surface area contributed by atoms with Crippen LogP contribution in [0.1, 0.15) is 64.1 Å². The fourth-order valence-corrected chi connectivity index (χ4v) is 15.2. The van der Waals surface area contributed by atoms with E-state index in [1.54, 1.807) is 19.2 Å². The lowest BCUT2D eigenvalue weighted by Crippen LogP contribution is -2.73. The van der Waals surface area contributed by atoms with Crippen molar-refractivity contribution < 1.29 is 48.3 Å². The highest BCUT2D eigenvalue weighted by Crippen LogP contribution is 2.82. The van der Waals surface area contributed by atoms with Gasteiger partial charge in [0.2, 0.25) is 0 Å². The maximum Gasteiger partial charge on any atom is 0.347 e. The number of phenols is 1. The molecule has 0 amide bonds. The van der Waals surface area contributed by atoms with Gasteiger partial charge in [-0.25, -0.2) is 4.79 Å². The summed E-state index contributed by atoms with van der Waals surface area (Å²) in [5, 5.41) is 23.6. The summed E-state index contributed by atoms with van der Waals surface area (Å²) < 4.78 is 31.9. The molecule has 350 valence electrons. The fraction of sp³-hybridized carbons (Fsp3) is 0.558. The number of likely N-dealkylation sites (tertiary alicyclic amines) is 1. The van der Waals surface area contributed by atoms with E-state index in [-0.39, 0.29) is 17.7 Å². The Morgan fingerprint density at radius 1 is 0.970 bits per heavy atom. The third kappa shape index (κ3) is 5.33. The summed E-state index contributed by atoms with van der Waals surface area (Å²) in [5.41, 5.74) is -0.721. The third-order valence-electron chi connectivity index (χ3n) is 17.7. The van der Waals surface area contributed by atoms with E-state index in [1.165, 1.54) is 21.1 Å². The molecule has 2 bridgehead atoms. The number of H-pyrrole nitrogens is 1. The van der Waals surface area contributed by atoms with Gasteiger partial charge in [-0.1, -0.05) is 50.3 Å². The van der Waals surface area contributed by atoms with Crippen LogP contribution in [0.5, 0.6) is 5.75 Å². The van der Waals surface area contributed by atoms with Gasteiger partial charge in [-0.05, 0) is 104 Å². The summed E-state index contributed by atoms with van der Waals surface area (Å²) in [4.78, 5) is 54.3. The number of ether oxygens (including phenoxy) is 5. The highest BCUT2D eigenvalue weighted by Gasteiger charge is 2.99. The molecule has 7 heterocycles. The van der Waals surface area contributed by atoms with Gasteiger partial charge >= 0.3 is 17.9 Å². The van der Waals surface area contributed by atoms with Crippen LogP contribution >= 0.6 is 0 Å². The monoisotopic (exact) mass is 902 g/mol. The van der Waals surface area contributed by atoms with Crippen LogP contribution in [-0.4, -0.2) is 144 Å². The van der Waals surface area contributed by atoms with Gasteiger partial charge in [-0.2, -0.15) is 0 Å². The topological polar surface area (TPSA) is 167 Å². The summed E-state index contributed by atoms with van der Waals surface area (Å²) in [6, 6.07) is 13.2. The van der Waals surface area contributed by atoms with E-state index in [4.69, 9.17) is 23.7 Å². The SMILES string of the molecule is CC[C@]1(O)C[C@H]2CN(CCc3c([nH]c4ccc(-c5cccc(O)c5)cc34)[C@@](C(=O)OC)(C3C=C4C(=CC3OC)N(C)[C@@]35O[C@]3(C(=O)OC)[C@H](OC(C)=O)[C@]3(CC)C=CCN6CC[C@]45[C@@H]63)C2)C1. The third-order valence-corrected chi connectivity index (χ3v) is 17.7. The molecule has 12 atom stereocenters. The predicted octanol–water partition coefficient (Wildman–Crippen LogP) is 5.37. The normalized spacial score (nSPS) is 39.4. The standard InChI is InChI=1S/C52H62N4O10/c1-8-47(61)26-31-27-49(45(59)63-6,42-35(16-20-55(28-31)29-47)36-23-33(14-15-39(36)53-42)32-12-10-13-34(58)22-32)38-24-37-40(25-41(38)62-5)54(4)52-50(37)18-21-56-19-11-17-48(9-2,43(50)56)44(65-30(3)57)51(52,66-52)46(60)64-7/h10-15,17,22-25,31,38,41,43-44,53,58,61H,8-9,16,18-21,26-29H2,1-7H3/t31-,38?,41?,43+,44-,47+,48-,49+,50-,51+,52+/m1/s1. The van der Waals surface area contributed by atoms with Gasteiger partial charge in [-0.15, -0.1) is 0 Å². The first-order valence-corrected chi connectivity index (χ1v) is 23.7. The lowest BCUT2D eigenvalue weighted by molar-refractivity contribution is -0.182. The molecular weight excluding hydrogens is 841 g/mol. The number of aromatic amines is 1. The number of carbonyl (C=O) groups is 3. The van der Waals surface area contributed by atoms with E-state index in [2.05, 4.69) is 63.0 Å². The van der Waals surface area contributed by atoms with Crippen LogP contribution in [0.3, 0.4) is 0 Å². The molecule has 2 spiro atoms. The predicted molar refractivity (Wildman–Crippen MR) is 244 cm³/mol. The summed E-state index contributed by atoms with van der Waals surface area (Å²) in [5.74, 6) is -2.07. The van der Waals surface area contributed by atoms with Gasteiger partial charge in [0.1, 0.15) is 11.2 Å². The second-order valence-electron chi connectivity index (χ2n) is 20.5. The molecular formula is C52H62N4O10. The highest BCUT2D eigenvalue weighted by atomic mass is 16.7. The number of benzene rings is 2. The summed E-state index contributed by atoms with van der Waals surface area (Å²) in [6.45, 7) is 8.78. The Balaban J connectivity index is 1.18. The molecule has 8 aliphatic rings. The van der Waals surface area contributed by atoms with Crippen molar-refractivity contribution in [1.29, 1.82) is 0 Å². The van der Waals surface area contributed by atoms with Crippen LogP contribution in [0.2, 0.25) is 0 Å². The number of nitrogens with zero attached hydrogens (tertiary/aromatic N) is 3. The van der Waals surface area contributed by atoms with E-state index in [0.717, 1.165) is 44.6 Å². The highest BCUT2D eigenvalue weighted by molar-refractivity contribution is 5.94. The maximum atomic E-state index is 15.7. The van der Waals surface area contributed by atoms with Crippen LogP contribution in [0.15, 0.2) is 78.0 Å². The Hall–Kier alpha value is -4.99. The van der Waals surface area contributed by atoms with E-state index >= 15 is 4.79 Å². The molecule has 3 unspecified atom stereocenters. The lowest BCUT2D eigenvalue weighted by atomic mass is 9.48. The minimum Gasteiger partial charge on any atom is -0.508 e. The molecule has 0 radical (unpaired) electrons. The number of esters is 3. The molecule has 11 rings (SSSR count). The number of hydrogen-bond donors (Lipinski definition) is 3. The number of piperidine rings is 1. The molecule has 1 aromatic heterocycles. The molecule has 14 heteroatoms. The number of hydrogen-bond acceptors (Lipinski definition) is 13. The van der Waals surface area contributed by atoms with Gasteiger partial charge < -0.3 is 43.8 Å². The number of nitrogens with one attached hydrogen (secondary N) is 1. The molecule has 3 aromatic rings. The molecule has 5 fully saturated rings. The summed E-state index contributed by atoms with van der Waals surface area (Å²) in [6.07, 6.45) is 10.2. The van der Waals surface area contributed by atoms with E-state index in [1.807, 2.05) is 32.2 Å². The van der Waals surface area contributed by atoms with E-state index < -0.39 is 69.2 Å². The molecule has 2 aliphatic carbocycles. The number of rotatable bonds is 8. The number of methoxy groups -OCH3 is 3. The van der Waals surface area contributed by atoms with Crippen LogP contribution in [0, 0.1) is 22.7 Å². The van der Waals surface area contributed by atoms with Crippen LogP contribution < -0.4 is 0 Å². The molecule has 3 N–H and O–H groups in total. The Labute approximate surface area is 385 Å². The minimum absolute atomic E-state index is 0.101. The Bertz CT molecular complexity index is 2660. The summed E-state index contributed by atoms with van der Waals surface area (Å²) >= 11 is 0. The number of aromatic hydroxyl groups is 1. The first kappa shape index (κ1) is 43.6.